The second kappa shape index (κ2) is 7.06. The number of ether oxygens (including phenoxy) is 1. The van der Waals surface area contributed by atoms with E-state index in [2.05, 4.69) is 25.0 Å². The molecular formula is C20H20FN7O2. The van der Waals surface area contributed by atoms with Crippen molar-refractivity contribution in [3.8, 4) is 11.3 Å². The number of carbonyl (C=O) groups is 1. The smallest absolute Gasteiger partial charge is 0.254 e. The third-order valence-electron chi connectivity index (χ3n) is 5.49. The van der Waals surface area contributed by atoms with E-state index in [0.29, 0.717) is 41.4 Å². The molecule has 9 nitrogen and oxygen atoms in total. The molecule has 0 unspecified atom stereocenters. The summed E-state index contributed by atoms with van der Waals surface area (Å²) >= 11 is 0. The molecule has 0 aromatic carbocycles. The first-order valence-electron chi connectivity index (χ1n) is 9.67. The number of carbonyl (C=O) groups excluding carboxylic acids is 1. The van der Waals surface area contributed by atoms with Gasteiger partial charge in [0.1, 0.15) is 22.8 Å². The molecule has 5 rings (SSSR count). The van der Waals surface area contributed by atoms with Crippen molar-refractivity contribution >= 4 is 28.4 Å². The molecule has 154 valence electrons. The van der Waals surface area contributed by atoms with Crippen LogP contribution >= 0.6 is 0 Å². The average Bonchev–Trinajstić information content (AvgIpc) is 3.35. The maximum absolute atomic E-state index is 14.1. The number of hydrogen-bond donors (Lipinski definition) is 2. The van der Waals surface area contributed by atoms with Crippen molar-refractivity contribution in [2.75, 3.05) is 25.6 Å². The van der Waals surface area contributed by atoms with Gasteiger partial charge in [-0.2, -0.15) is 9.61 Å². The summed E-state index contributed by atoms with van der Waals surface area (Å²) in [5, 5.41) is 7.91. The van der Waals surface area contributed by atoms with Gasteiger partial charge in [-0.1, -0.05) is 0 Å². The monoisotopic (exact) mass is 409 g/mol. The summed E-state index contributed by atoms with van der Waals surface area (Å²) in [7, 11) is 1.75. The van der Waals surface area contributed by atoms with Crippen LogP contribution in [-0.4, -0.2) is 50.3 Å². The van der Waals surface area contributed by atoms with Crippen LogP contribution in [-0.2, 0) is 4.74 Å². The van der Waals surface area contributed by atoms with E-state index in [1.165, 1.54) is 23.0 Å². The maximum Gasteiger partial charge on any atom is 0.254 e. The number of nitrogens with one attached hydrogen (secondary N) is 1. The highest BCUT2D eigenvalue weighted by Crippen LogP contribution is 2.35. The molecule has 0 bridgehead atoms. The number of nitrogens with zero attached hydrogens (tertiary/aromatic N) is 5. The summed E-state index contributed by atoms with van der Waals surface area (Å²) in [5.74, 6) is -0.418. The first kappa shape index (κ1) is 18.5. The number of nitrogens with two attached hydrogens (primary N) is 1. The van der Waals surface area contributed by atoms with Gasteiger partial charge in [0, 0.05) is 49.5 Å². The van der Waals surface area contributed by atoms with E-state index in [0.717, 1.165) is 18.4 Å². The number of anilines is 1. The highest BCUT2D eigenvalue weighted by molar-refractivity contribution is 6.00. The van der Waals surface area contributed by atoms with Gasteiger partial charge in [-0.15, -0.1) is 0 Å². The fraction of sp³-hybridized carbons (Fsp3) is 0.300. The molecule has 0 atom stereocenters. The first-order valence-corrected chi connectivity index (χ1v) is 9.67. The maximum atomic E-state index is 14.1. The van der Waals surface area contributed by atoms with Crippen molar-refractivity contribution in [2.24, 2.45) is 5.73 Å². The third kappa shape index (κ3) is 2.88. The van der Waals surface area contributed by atoms with E-state index in [1.54, 1.807) is 13.1 Å². The van der Waals surface area contributed by atoms with E-state index < -0.39 is 11.7 Å². The van der Waals surface area contributed by atoms with Crippen LogP contribution in [0.4, 0.5) is 10.2 Å². The SMILES string of the molecule is CNc1cc(-c2cn(C3CCOCC3)c3ncc(F)cc23)nc2c(C(N)=O)cnn12. The minimum atomic E-state index is -0.617. The zero-order valence-electron chi connectivity index (χ0n) is 16.3. The second-order valence-corrected chi connectivity index (χ2v) is 7.25. The molecule has 30 heavy (non-hydrogen) atoms. The van der Waals surface area contributed by atoms with Crippen LogP contribution in [0.3, 0.4) is 0 Å². The molecule has 1 fully saturated rings. The lowest BCUT2D eigenvalue weighted by Gasteiger charge is -2.24. The average molecular weight is 409 g/mol. The topological polar surface area (TPSA) is 112 Å². The summed E-state index contributed by atoms with van der Waals surface area (Å²) in [6.45, 7) is 1.35. The minimum Gasteiger partial charge on any atom is -0.381 e. The lowest BCUT2D eigenvalue weighted by atomic mass is 10.1. The molecule has 5 heterocycles. The Labute approximate surface area is 170 Å². The van der Waals surface area contributed by atoms with Gasteiger partial charge in [-0.05, 0) is 18.9 Å². The summed E-state index contributed by atoms with van der Waals surface area (Å²) in [6, 6.07) is 3.47. The predicted molar refractivity (Wildman–Crippen MR) is 109 cm³/mol. The van der Waals surface area contributed by atoms with Crippen LogP contribution in [0.2, 0.25) is 0 Å². The number of rotatable bonds is 4. The van der Waals surface area contributed by atoms with Gasteiger partial charge < -0.3 is 20.4 Å². The molecule has 1 aliphatic heterocycles. The number of halogens is 1. The Balaban J connectivity index is 1.76. The Kier molecular flexibility index (Phi) is 4.35. The fourth-order valence-electron chi connectivity index (χ4n) is 4.00. The van der Waals surface area contributed by atoms with E-state index in [4.69, 9.17) is 10.5 Å². The van der Waals surface area contributed by atoms with Crippen molar-refractivity contribution in [3.63, 3.8) is 0 Å². The van der Waals surface area contributed by atoms with Crippen LogP contribution in [0, 0.1) is 5.82 Å². The molecule has 0 aliphatic carbocycles. The largest absolute Gasteiger partial charge is 0.381 e. The van der Waals surface area contributed by atoms with Crippen LogP contribution in [0.15, 0.2) is 30.7 Å². The zero-order chi connectivity index (χ0) is 20.8. The molecule has 3 N–H and O–H groups in total. The van der Waals surface area contributed by atoms with Crippen molar-refractivity contribution in [2.45, 2.75) is 18.9 Å². The molecule has 0 radical (unpaired) electrons. The number of amides is 1. The Morgan fingerprint density at radius 1 is 1.27 bits per heavy atom. The summed E-state index contributed by atoms with van der Waals surface area (Å²) in [6.07, 6.45) is 6.27. The molecule has 1 saturated heterocycles. The summed E-state index contributed by atoms with van der Waals surface area (Å²) in [5.41, 5.74) is 8.01. The molecule has 1 aliphatic rings. The molecule has 0 saturated carbocycles. The lowest BCUT2D eigenvalue weighted by molar-refractivity contribution is 0.0706. The Morgan fingerprint density at radius 2 is 2.07 bits per heavy atom. The molecule has 0 spiro atoms. The van der Waals surface area contributed by atoms with Gasteiger partial charge >= 0.3 is 0 Å². The number of primary amides is 1. The number of hydrogen-bond acceptors (Lipinski definition) is 6. The molecule has 4 aromatic rings. The van der Waals surface area contributed by atoms with Gasteiger partial charge in [-0.3, -0.25) is 4.79 Å². The highest BCUT2D eigenvalue weighted by atomic mass is 19.1. The Morgan fingerprint density at radius 3 is 2.80 bits per heavy atom. The van der Waals surface area contributed by atoms with E-state index in [9.17, 15) is 9.18 Å². The van der Waals surface area contributed by atoms with Crippen LogP contribution in [0.25, 0.3) is 27.9 Å². The van der Waals surface area contributed by atoms with Crippen LogP contribution in [0.1, 0.15) is 29.2 Å². The first-order chi connectivity index (χ1) is 14.6. The summed E-state index contributed by atoms with van der Waals surface area (Å²) in [4.78, 5) is 20.8. The molecule has 4 aromatic heterocycles. The van der Waals surface area contributed by atoms with E-state index in [-0.39, 0.29) is 11.6 Å². The highest BCUT2D eigenvalue weighted by Gasteiger charge is 2.23. The third-order valence-corrected chi connectivity index (χ3v) is 5.49. The van der Waals surface area contributed by atoms with Crippen molar-refractivity contribution in [3.05, 3.63) is 42.1 Å². The van der Waals surface area contributed by atoms with Gasteiger partial charge in [0.15, 0.2) is 5.65 Å². The van der Waals surface area contributed by atoms with Gasteiger partial charge in [0.2, 0.25) is 0 Å². The lowest BCUT2D eigenvalue weighted by Crippen LogP contribution is -2.19. The number of aromatic nitrogens is 5. The summed E-state index contributed by atoms with van der Waals surface area (Å²) < 4.78 is 23.2. The van der Waals surface area contributed by atoms with Crippen molar-refractivity contribution < 1.29 is 13.9 Å². The van der Waals surface area contributed by atoms with Crippen LogP contribution in [0.5, 0.6) is 0 Å². The van der Waals surface area contributed by atoms with E-state index in [1.807, 2.05) is 6.20 Å². The van der Waals surface area contributed by atoms with Crippen molar-refractivity contribution in [1.82, 2.24) is 24.1 Å². The van der Waals surface area contributed by atoms with Crippen molar-refractivity contribution in [1.29, 1.82) is 0 Å². The quantitative estimate of drug-likeness (QED) is 0.535. The number of pyridine rings is 1. The fourth-order valence-corrected chi connectivity index (χ4v) is 4.00. The van der Waals surface area contributed by atoms with Crippen LogP contribution < -0.4 is 11.1 Å². The molecular weight excluding hydrogens is 389 g/mol. The normalized spacial score (nSPS) is 15.1. The molecule has 1 amide bonds. The number of fused-ring (bicyclic) bond motifs is 2. The Hall–Kier alpha value is -3.53. The standard InChI is InChI=1S/C20H20FN7O2/c1-23-17-7-16(26-20-14(18(22)29)9-25-28(17)20)15-10-27(12-2-4-30-5-3-12)19-13(15)6-11(21)8-24-19/h6-10,12,23H,2-5H2,1H3,(H2,22,29). The zero-order valence-corrected chi connectivity index (χ0v) is 16.3. The van der Waals surface area contributed by atoms with Gasteiger partial charge in [-0.25, -0.2) is 14.4 Å². The minimum absolute atomic E-state index is 0.205. The Bertz CT molecular complexity index is 1270. The predicted octanol–water partition coefficient (Wildman–Crippen LogP) is 2.38. The van der Waals surface area contributed by atoms with Gasteiger partial charge in [0.05, 0.1) is 18.1 Å². The van der Waals surface area contributed by atoms with Gasteiger partial charge in [0.25, 0.3) is 5.91 Å². The second-order valence-electron chi connectivity index (χ2n) is 7.25. The van der Waals surface area contributed by atoms with E-state index >= 15 is 0 Å². The molecule has 10 heteroatoms.